The third kappa shape index (κ3) is 9.41. The fraction of sp³-hybridized carbons (Fsp3) is 0.312. The molecular formula is C64H68O7P2. The van der Waals surface area contributed by atoms with Crippen LogP contribution in [-0.4, -0.2) is 7.11 Å². The Balaban J connectivity index is 1.24. The van der Waals surface area contributed by atoms with Crippen LogP contribution in [0.15, 0.2) is 138 Å². The molecule has 2 aromatic heterocycles. The van der Waals surface area contributed by atoms with Gasteiger partial charge in [-0.1, -0.05) is 162 Å². The Hall–Kier alpha value is -6.52. The van der Waals surface area contributed by atoms with Gasteiger partial charge in [-0.2, -0.15) is 0 Å². The molecule has 73 heavy (non-hydrogen) atoms. The molecule has 0 aliphatic carbocycles. The van der Waals surface area contributed by atoms with E-state index < -0.39 is 16.5 Å². The van der Waals surface area contributed by atoms with E-state index in [1.165, 1.54) is 0 Å². The lowest BCUT2D eigenvalue weighted by atomic mass is 9.81. The van der Waals surface area contributed by atoms with Gasteiger partial charge in [0.1, 0.15) is 39.6 Å². The van der Waals surface area contributed by atoms with E-state index in [2.05, 4.69) is 219 Å². The van der Waals surface area contributed by atoms with Gasteiger partial charge in [-0.15, -0.1) is 0 Å². The number of hydrogen-bond donors (Lipinski definition) is 0. The fourth-order valence-corrected chi connectivity index (χ4v) is 12.4. The smallest absolute Gasteiger partial charge is 0.453 e. The molecule has 0 saturated heterocycles. The summed E-state index contributed by atoms with van der Waals surface area (Å²) in [5.41, 5.74) is 11.0. The third-order valence-electron chi connectivity index (χ3n) is 13.9. The molecule has 0 radical (unpaired) electrons. The topological polar surface area (TPSA) is 80.2 Å². The number of aryl methyl sites for hydroxylation is 3. The molecule has 376 valence electrons. The molecule has 9 heteroatoms. The van der Waals surface area contributed by atoms with Crippen LogP contribution in [0.25, 0.3) is 76.5 Å². The van der Waals surface area contributed by atoms with E-state index in [1.54, 1.807) is 7.11 Å². The van der Waals surface area contributed by atoms with Crippen LogP contribution in [0.4, 0.5) is 0 Å². The van der Waals surface area contributed by atoms with Crippen molar-refractivity contribution in [3.8, 4) is 28.4 Å². The molecule has 0 bridgehead atoms. The summed E-state index contributed by atoms with van der Waals surface area (Å²) in [6.45, 7) is 33.1. The summed E-state index contributed by atoms with van der Waals surface area (Å²) in [4.78, 5) is 0. The SMILES string of the molecule is COc1cc(C(C)(C)C)c2op(Oc3cc(-c4cc(C)cc(C(C)(C)C)c4Op4oc5ccc6ccccc6c5c5cc(C)cc(C(C)(C)C)c5o4)c(C)cc3C(C)(C)C)oc3ccc4ccccc4c3c2c1. The molecule has 10 rings (SSSR count). The number of benzene rings is 8. The highest BCUT2D eigenvalue weighted by Gasteiger charge is 2.30. The maximum absolute atomic E-state index is 7.42. The second-order valence-electron chi connectivity index (χ2n) is 23.9. The molecule has 0 fully saturated rings. The Morgan fingerprint density at radius 2 is 0.890 bits per heavy atom. The summed E-state index contributed by atoms with van der Waals surface area (Å²) in [5, 5.41) is 8.21. The Labute approximate surface area is 431 Å². The van der Waals surface area contributed by atoms with Crippen molar-refractivity contribution in [2.45, 2.75) is 126 Å². The number of ether oxygens (including phenoxy) is 1. The predicted octanol–water partition coefficient (Wildman–Crippen LogP) is 20.7. The van der Waals surface area contributed by atoms with Crippen molar-refractivity contribution in [1.82, 2.24) is 0 Å². The van der Waals surface area contributed by atoms with E-state index in [1.807, 2.05) is 6.07 Å². The van der Waals surface area contributed by atoms with Gasteiger partial charge < -0.3 is 30.6 Å². The van der Waals surface area contributed by atoms with Crippen molar-refractivity contribution in [2.75, 3.05) is 7.11 Å². The maximum atomic E-state index is 7.42. The average molecular weight is 1010 g/mol. The number of methoxy groups -OCH3 is 1. The van der Waals surface area contributed by atoms with Crippen molar-refractivity contribution < 1.29 is 30.6 Å². The van der Waals surface area contributed by atoms with E-state index in [4.69, 9.17) is 30.6 Å². The molecule has 2 unspecified atom stereocenters. The summed E-state index contributed by atoms with van der Waals surface area (Å²) in [7, 11) is -2.44. The van der Waals surface area contributed by atoms with Crippen molar-refractivity contribution in [3.63, 3.8) is 0 Å². The molecule has 10 aromatic rings. The molecule has 2 atom stereocenters. The van der Waals surface area contributed by atoms with E-state index in [-0.39, 0.29) is 21.7 Å². The van der Waals surface area contributed by atoms with E-state index in [0.29, 0.717) is 17.1 Å². The zero-order valence-electron chi connectivity index (χ0n) is 45.3. The van der Waals surface area contributed by atoms with Gasteiger partial charge in [-0.3, -0.25) is 0 Å². The molecule has 8 aromatic carbocycles. The summed E-state index contributed by atoms with van der Waals surface area (Å²) in [6, 6.07) is 42.6. The summed E-state index contributed by atoms with van der Waals surface area (Å²) >= 11 is 0. The predicted molar refractivity (Wildman–Crippen MR) is 307 cm³/mol. The Morgan fingerprint density at radius 3 is 1.42 bits per heavy atom. The van der Waals surface area contributed by atoms with Crippen molar-refractivity contribution in [3.05, 3.63) is 160 Å². The fourth-order valence-electron chi connectivity index (χ4n) is 10.2. The normalized spacial score (nSPS) is 13.2. The van der Waals surface area contributed by atoms with E-state index in [0.717, 1.165) is 116 Å². The van der Waals surface area contributed by atoms with Crippen molar-refractivity contribution in [1.29, 1.82) is 0 Å². The van der Waals surface area contributed by atoms with Gasteiger partial charge in [0.2, 0.25) is 0 Å². The highest BCUT2D eigenvalue weighted by atomic mass is 31.1. The molecule has 0 N–H and O–H groups in total. The average Bonchev–Trinajstić information content (AvgIpc) is 3.57. The second kappa shape index (κ2) is 18.1. The summed E-state index contributed by atoms with van der Waals surface area (Å²) in [5.74, 6) is 2.10. The highest BCUT2D eigenvalue weighted by Crippen LogP contribution is 2.52. The van der Waals surface area contributed by atoms with Crippen LogP contribution in [0.2, 0.25) is 0 Å². The monoisotopic (exact) mass is 1010 g/mol. The van der Waals surface area contributed by atoms with Gasteiger partial charge in [0.25, 0.3) is 0 Å². The van der Waals surface area contributed by atoms with Crippen molar-refractivity contribution >= 4 is 81.9 Å². The van der Waals surface area contributed by atoms with Gasteiger partial charge in [0.15, 0.2) is 0 Å². The molecule has 7 nitrogen and oxygen atoms in total. The molecule has 0 amide bonds. The van der Waals surface area contributed by atoms with Crippen LogP contribution in [0.3, 0.4) is 0 Å². The first-order valence-corrected chi connectivity index (χ1v) is 27.5. The van der Waals surface area contributed by atoms with Gasteiger partial charge in [-0.25, -0.2) is 0 Å². The van der Waals surface area contributed by atoms with Crippen LogP contribution in [-0.2, 0) is 21.7 Å². The molecule has 0 spiro atoms. The van der Waals surface area contributed by atoms with Crippen LogP contribution in [0, 0.1) is 20.8 Å². The van der Waals surface area contributed by atoms with Gasteiger partial charge in [-0.05, 0) is 129 Å². The minimum Gasteiger partial charge on any atom is -0.497 e. The zero-order chi connectivity index (χ0) is 52.1. The standard InChI is InChI=1S/C64H68O7P2/c1-37-29-46(58(50(31-37)62(7,8)9)69-73-67-53-27-25-40-21-17-19-23-43(40)56(53)47-30-38(2)32-51(59(47)71-73)63(10,11)12)45-36-55(49(33-39(45)3)61(4,5)6)68-72-66-54-28-26-41-22-18-20-24-44(41)57(54)48-34-42(65-16)35-52(60(48)70-72)64(13,14)15/h17-36H,1-16H3. The largest absolute Gasteiger partial charge is 0.497 e. The molecule has 0 aliphatic rings. The molecular weight excluding hydrogens is 943 g/mol. The van der Waals surface area contributed by atoms with Crippen LogP contribution in [0.5, 0.6) is 17.2 Å². The lowest BCUT2D eigenvalue weighted by molar-refractivity contribution is 0.413. The first-order chi connectivity index (χ1) is 34.4. The number of fused-ring (bicyclic) bond motifs is 10. The minimum absolute atomic E-state index is 0.245. The summed E-state index contributed by atoms with van der Waals surface area (Å²) in [6.07, 6.45) is 0. The molecule has 2 heterocycles. The van der Waals surface area contributed by atoms with Gasteiger partial charge in [0, 0.05) is 49.4 Å². The second-order valence-corrected chi connectivity index (χ2v) is 25.9. The zero-order valence-corrected chi connectivity index (χ0v) is 47.1. The Kier molecular flexibility index (Phi) is 12.4. The summed E-state index contributed by atoms with van der Waals surface area (Å²) < 4.78 is 49.1. The van der Waals surface area contributed by atoms with Crippen LogP contribution < -0.4 is 13.8 Å². The lowest BCUT2D eigenvalue weighted by Crippen LogP contribution is -2.14. The lowest BCUT2D eigenvalue weighted by Gasteiger charge is -2.27. The third-order valence-corrected chi connectivity index (χ3v) is 16.0. The number of hydrogen-bond acceptors (Lipinski definition) is 7. The van der Waals surface area contributed by atoms with Crippen molar-refractivity contribution in [2.24, 2.45) is 0 Å². The van der Waals surface area contributed by atoms with E-state index in [9.17, 15) is 0 Å². The van der Waals surface area contributed by atoms with Crippen LogP contribution >= 0.6 is 16.5 Å². The molecule has 0 aliphatic heterocycles. The maximum Gasteiger partial charge on any atom is 0.453 e. The minimum atomic E-state index is -2.08. The van der Waals surface area contributed by atoms with Gasteiger partial charge >= 0.3 is 16.5 Å². The van der Waals surface area contributed by atoms with Crippen LogP contribution in [0.1, 0.15) is 122 Å². The Bertz CT molecular complexity index is 3920. The number of rotatable bonds is 6. The first-order valence-electron chi connectivity index (χ1n) is 25.3. The van der Waals surface area contributed by atoms with Gasteiger partial charge in [0.05, 0.1) is 7.11 Å². The molecule has 0 saturated carbocycles. The quantitative estimate of drug-likeness (QED) is 0.164. The van der Waals surface area contributed by atoms with E-state index >= 15 is 0 Å². The highest BCUT2D eigenvalue weighted by molar-refractivity contribution is 7.32. The Morgan fingerprint density at radius 1 is 0.411 bits per heavy atom. The first kappa shape index (κ1) is 50.0.